The molecule has 0 fully saturated rings. The standard InChI is InChI=1S/C37H74NO7P/c1-6-8-10-12-14-16-18-20-22-24-26-28-30-37(39)45-36(35-44-46(40,41)43-33-31-38(3,4)5)34-42-32-29-27-25-23-21-19-17-15-13-11-9-7-2/h14,16,36H,6-13,15,17-35H2,1-5H3/p+1/b16-14-. The van der Waals surface area contributed by atoms with E-state index in [0.29, 0.717) is 24.1 Å². The van der Waals surface area contributed by atoms with Crippen LogP contribution >= 0.6 is 7.82 Å². The Labute approximate surface area is 284 Å². The number of carbonyl (C=O) groups is 1. The number of hydrogen-bond acceptors (Lipinski definition) is 6. The van der Waals surface area contributed by atoms with Crippen LogP contribution in [0.3, 0.4) is 0 Å². The molecule has 274 valence electrons. The van der Waals surface area contributed by atoms with Crippen molar-refractivity contribution in [2.75, 3.05) is 54.1 Å². The van der Waals surface area contributed by atoms with Gasteiger partial charge in [-0.15, -0.1) is 0 Å². The number of nitrogens with zero attached hydrogens (tertiary/aromatic N) is 1. The van der Waals surface area contributed by atoms with Crippen LogP contribution in [0.15, 0.2) is 12.2 Å². The number of phosphoric ester groups is 1. The van der Waals surface area contributed by atoms with Gasteiger partial charge >= 0.3 is 13.8 Å². The molecule has 0 heterocycles. The summed E-state index contributed by atoms with van der Waals surface area (Å²) in [5.74, 6) is -0.323. The maximum Gasteiger partial charge on any atom is 0.472 e. The van der Waals surface area contributed by atoms with E-state index in [9.17, 15) is 14.3 Å². The molecule has 0 saturated heterocycles. The van der Waals surface area contributed by atoms with E-state index in [1.165, 1.54) is 96.3 Å². The summed E-state index contributed by atoms with van der Waals surface area (Å²) in [5.41, 5.74) is 0. The van der Waals surface area contributed by atoms with Gasteiger partial charge in [-0.1, -0.05) is 129 Å². The van der Waals surface area contributed by atoms with Crippen molar-refractivity contribution in [2.24, 2.45) is 0 Å². The van der Waals surface area contributed by atoms with Crippen LogP contribution in [0, 0.1) is 0 Å². The highest BCUT2D eigenvalue weighted by atomic mass is 31.2. The first-order valence-corrected chi connectivity index (χ1v) is 20.4. The Morgan fingerprint density at radius 2 is 1.13 bits per heavy atom. The van der Waals surface area contributed by atoms with E-state index in [4.69, 9.17) is 18.5 Å². The van der Waals surface area contributed by atoms with Gasteiger partial charge in [-0.3, -0.25) is 13.8 Å². The maximum atomic E-state index is 12.6. The first kappa shape index (κ1) is 45.2. The molecule has 0 aromatic rings. The summed E-state index contributed by atoms with van der Waals surface area (Å²) in [5, 5.41) is 0. The fraction of sp³-hybridized carbons (Fsp3) is 0.919. The SMILES string of the molecule is CCCCC/C=C\CCCCCCCC(=O)OC(COCCCCCCCCCCCCCC)COP(=O)(O)OCC[N+](C)(C)C. The van der Waals surface area contributed by atoms with Crippen molar-refractivity contribution in [2.45, 2.75) is 168 Å². The first-order chi connectivity index (χ1) is 22.1. The summed E-state index contributed by atoms with van der Waals surface area (Å²) >= 11 is 0. The highest BCUT2D eigenvalue weighted by Gasteiger charge is 2.26. The lowest BCUT2D eigenvalue weighted by atomic mass is 10.1. The Hall–Kier alpha value is -0.760. The lowest BCUT2D eigenvalue weighted by molar-refractivity contribution is -0.870. The number of carbonyl (C=O) groups excluding carboxylic acids is 1. The van der Waals surface area contributed by atoms with Crippen molar-refractivity contribution in [3.05, 3.63) is 12.2 Å². The molecule has 46 heavy (non-hydrogen) atoms. The van der Waals surface area contributed by atoms with Gasteiger partial charge in [-0.25, -0.2) is 4.57 Å². The predicted molar refractivity (Wildman–Crippen MR) is 192 cm³/mol. The second kappa shape index (κ2) is 31.5. The number of hydrogen-bond donors (Lipinski definition) is 1. The molecule has 0 radical (unpaired) electrons. The van der Waals surface area contributed by atoms with Crippen molar-refractivity contribution in [1.29, 1.82) is 0 Å². The highest BCUT2D eigenvalue weighted by molar-refractivity contribution is 7.47. The number of likely N-dealkylation sites (N-methyl/N-ethyl adjacent to an activating group) is 1. The van der Waals surface area contributed by atoms with Crippen LogP contribution in [-0.4, -0.2) is 75.6 Å². The average molecular weight is 677 g/mol. The second-order valence-electron chi connectivity index (χ2n) is 14.0. The van der Waals surface area contributed by atoms with Gasteiger partial charge < -0.3 is 18.9 Å². The predicted octanol–water partition coefficient (Wildman–Crippen LogP) is 10.3. The van der Waals surface area contributed by atoms with Crippen LogP contribution in [0.4, 0.5) is 0 Å². The number of quaternary nitrogens is 1. The number of allylic oxidation sites excluding steroid dienone is 2. The summed E-state index contributed by atoms with van der Waals surface area (Å²) in [4.78, 5) is 22.7. The Bertz CT molecular complexity index is 756. The third-order valence-corrected chi connectivity index (χ3v) is 9.06. The molecule has 0 aliphatic rings. The third kappa shape index (κ3) is 34.6. The van der Waals surface area contributed by atoms with Crippen LogP contribution in [-0.2, 0) is 27.9 Å². The molecule has 9 heteroatoms. The summed E-state index contributed by atoms with van der Waals surface area (Å²) in [6, 6.07) is 0. The molecule has 0 aromatic carbocycles. The van der Waals surface area contributed by atoms with Gasteiger partial charge in [0.2, 0.25) is 0 Å². The number of ether oxygens (including phenoxy) is 2. The van der Waals surface area contributed by atoms with Crippen molar-refractivity contribution >= 4 is 13.8 Å². The summed E-state index contributed by atoms with van der Waals surface area (Å²) in [7, 11) is 1.67. The molecule has 8 nitrogen and oxygen atoms in total. The number of rotatable bonds is 35. The minimum absolute atomic E-state index is 0.0897. The molecule has 0 amide bonds. The van der Waals surface area contributed by atoms with E-state index >= 15 is 0 Å². The number of esters is 1. The highest BCUT2D eigenvalue weighted by Crippen LogP contribution is 2.43. The third-order valence-electron chi connectivity index (χ3n) is 8.08. The lowest BCUT2D eigenvalue weighted by Crippen LogP contribution is -2.37. The van der Waals surface area contributed by atoms with Gasteiger partial charge in [-0.05, 0) is 38.5 Å². The summed E-state index contributed by atoms with van der Waals surface area (Å²) < 4.78 is 34.8. The molecule has 1 N–H and O–H groups in total. The van der Waals surface area contributed by atoms with Gasteiger partial charge in [-0.2, -0.15) is 0 Å². The van der Waals surface area contributed by atoms with Crippen LogP contribution in [0.25, 0.3) is 0 Å². The molecular formula is C37H75NO7P+. The van der Waals surface area contributed by atoms with Gasteiger partial charge in [0.25, 0.3) is 0 Å². The van der Waals surface area contributed by atoms with E-state index in [-0.39, 0.29) is 25.8 Å². The monoisotopic (exact) mass is 677 g/mol. The van der Waals surface area contributed by atoms with Gasteiger partial charge in [0.1, 0.15) is 19.3 Å². The second-order valence-corrected chi connectivity index (χ2v) is 15.4. The van der Waals surface area contributed by atoms with Crippen molar-refractivity contribution < 1.29 is 37.3 Å². The summed E-state index contributed by atoms with van der Waals surface area (Å²) in [6.45, 7) is 5.59. The molecule has 0 saturated carbocycles. The zero-order valence-corrected chi connectivity index (χ0v) is 31.7. The first-order valence-electron chi connectivity index (χ1n) is 18.9. The molecule has 0 aromatic heterocycles. The largest absolute Gasteiger partial charge is 0.472 e. The average Bonchev–Trinajstić information content (AvgIpc) is 2.99. The minimum Gasteiger partial charge on any atom is -0.457 e. The van der Waals surface area contributed by atoms with Crippen LogP contribution < -0.4 is 0 Å². The number of unbranched alkanes of at least 4 members (excludes halogenated alkanes) is 19. The van der Waals surface area contributed by atoms with Crippen molar-refractivity contribution in [3.63, 3.8) is 0 Å². The molecule has 0 spiro atoms. The van der Waals surface area contributed by atoms with Gasteiger partial charge in [0.15, 0.2) is 0 Å². The zero-order valence-electron chi connectivity index (χ0n) is 30.8. The molecule has 0 bridgehead atoms. The molecule has 2 atom stereocenters. The van der Waals surface area contributed by atoms with Gasteiger partial charge in [0, 0.05) is 13.0 Å². The fourth-order valence-electron chi connectivity index (χ4n) is 5.08. The number of phosphoric acid groups is 1. The Morgan fingerprint density at radius 1 is 0.652 bits per heavy atom. The van der Waals surface area contributed by atoms with Crippen LogP contribution in [0.1, 0.15) is 162 Å². The van der Waals surface area contributed by atoms with Crippen molar-refractivity contribution in [1.82, 2.24) is 0 Å². The van der Waals surface area contributed by atoms with Crippen LogP contribution in [0.5, 0.6) is 0 Å². The van der Waals surface area contributed by atoms with E-state index in [0.717, 1.165) is 44.9 Å². The maximum absolute atomic E-state index is 12.6. The smallest absolute Gasteiger partial charge is 0.457 e. The molecule has 0 aliphatic carbocycles. The molecule has 0 aliphatic heterocycles. The molecule has 2 unspecified atom stereocenters. The Kier molecular flexibility index (Phi) is 31.0. The Morgan fingerprint density at radius 3 is 1.70 bits per heavy atom. The van der Waals surface area contributed by atoms with Crippen molar-refractivity contribution in [3.8, 4) is 0 Å². The fourth-order valence-corrected chi connectivity index (χ4v) is 5.82. The van der Waals surface area contributed by atoms with E-state index in [1.807, 2.05) is 21.1 Å². The topological polar surface area (TPSA) is 91.3 Å². The van der Waals surface area contributed by atoms with Gasteiger partial charge in [0.05, 0.1) is 34.4 Å². The van der Waals surface area contributed by atoms with E-state index < -0.39 is 13.9 Å². The Balaban J connectivity index is 4.31. The normalized spacial score (nSPS) is 14.1. The molecule has 0 rings (SSSR count). The lowest BCUT2D eigenvalue weighted by Gasteiger charge is -2.24. The van der Waals surface area contributed by atoms with E-state index in [1.54, 1.807) is 0 Å². The van der Waals surface area contributed by atoms with E-state index in [2.05, 4.69) is 26.0 Å². The zero-order chi connectivity index (χ0) is 34.2. The minimum atomic E-state index is -4.26. The van der Waals surface area contributed by atoms with Crippen LogP contribution in [0.2, 0.25) is 0 Å². The summed E-state index contributed by atoms with van der Waals surface area (Å²) in [6.07, 6.45) is 30.9. The quantitative estimate of drug-likeness (QED) is 0.0235. The molecular weight excluding hydrogens is 601 g/mol.